The van der Waals surface area contributed by atoms with Crippen LogP contribution in [0.2, 0.25) is 0 Å². The minimum atomic E-state index is -0.617. The molecule has 0 spiro atoms. The molecule has 2 aromatic heterocycles. The number of hydrogen-bond acceptors (Lipinski definition) is 6. The van der Waals surface area contributed by atoms with Gasteiger partial charge in [-0.1, -0.05) is 24.3 Å². The Kier molecular flexibility index (Phi) is 7.58. The van der Waals surface area contributed by atoms with Gasteiger partial charge >= 0.3 is 0 Å². The Balaban J connectivity index is 1.27. The van der Waals surface area contributed by atoms with Crippen molar-refractivity contribution in [2.24, 2.45) is 0 Å². The number of carbonyl (C=O) groups is 1. The second kappa shape index (κ2) is 11.6. The highest BCUT2D eigenvalue weighted by Crippen LogP contribution is 2.32. The summed E-state index contributed by atoms with van der Waals surface area (Å²) in [5.74, 6) is 0.110. The lowest BCUT2D eigenvalue weighted by Gasteiger charge is -2.17. The van der Waals surface area contributed by atoms with Gasteiger partial charge in [0.05, 0.1) is 31.0 Å². The summed E-state index contributed by atoms with van der Waals surface area (Å²) in [6, 6.07) is 20.6. The maximum atomic E-state index is 15.2. The van der Waals surface area contributed by atoms with Gasteiger partial charge in [0.25, 0.3) is 5.56 Å². The van der Waals surface area contributed by atoms with Crippen molar-refractivity contribution >= 4 is 16.7 Å². The molecule has 0 bridgehead atoms. The summed E-state index contributed by atoms with van der Waals surface area (Å²) in [7, 11) is 1.57. The fourth-order valence-corrected chi connectivity index (χ4v) is 5.44. The molecular formula is C33H30FN3O5. The topological polar surface area (TPSA) is 84.6 Å². The van der Waals surface area contributed by atoms with Crippen molar-refractivity contribution in [3.8, 4) is 22.9 Å². The molecule has 8 nitrogen and oxygen atoms in total. The predicted molar refractivity (Wildman–Crippen MR) is 157 cm³/mol. The van der Waals surface area contributed by atoms with E-state index in [9.17, 15) is 9.59 Å². The number of para-hydroxylation sites is 1. The second-order valence-electron chi connectivity index (χ2n) is 10.3. The molecule has 0 saturated carbocycles. The van der Waals surface area contributed by atoms with Crippen LogP contribution >= 0.6 is 0 Å². The number of Topliss-reactive ketones (excluding diaryl/α,β-unsaturated/α-hetero) is 1. The van der Waals surface area contributed by atoms with Crippen LogP contribution in [0.5, 0.6) is 17.2 Å². The number of carbonyl (C=O) groups excluding carboxylic acids is 1. The average molecular weight is 568 g/mol. The van der Waals surface area contributed by atoms with Crippen LogP contribution < -0.4 is 15.0 Å². The molecule has 3 heterocycles. The molecule has 0 amide bonds. The van der Waals surface area contributed by atoms with Crippen molar-refractivity contribution in [3.63, 3.8) is 0 Å². The number of methoxy groups -OCH3 is 1. The number of halogens is 1. The lowest BCUT2D eigenvalue weighted by Crippen LogP contribution is -2.27. The minimum absolute atomic E-state index is 0.0137. The lowest BCUT2D eigenvalue weighted by molar-refractivity contribution is 0.0912. The van der Waals surface area contributed by atoms with E-state index < -0.39 is 11.4 Å². The van der Waals surface area contributed by atoms with Crippen molar-refractivity contribution in [2.45, 2.75) is 38.8 Å². The summed E-state index contributed by atoms with van der Waals surface area (Å²) >= 11 is 0. The molecule has 3 aromatic carbocycles. The van der Waals surface area contributed by atoms with Crippen molar-refractivity contribution < 1.29 is 23.4 Å². The number of ether oxygens (including phenoxy) is 3. The standard InChI is InChI=1S/C33H30FN3O5/c1-21-32(33(39)37(23-7-4-3-5-8-23)36(21)20-25-9-6-16-41-25)29(38)18-22-10-13-31(27(34)17-22)42-30-14-15-35-28-19-24(40-2)11-12-26(28)30/h3-5,7-8,10-15,17,19,25H,6,9,16,18,20H2,1-2H3. The quantitative estimate of drug-likeness (QED) is 0.202. The average Bonchev–Trinajstić information content (AvgIpc) is 3.60. The van der Waals surface area contributed by atoms with Crippen molar-refractivity contribution in [1.29, 1.82) is 0 Å². The molecule has 0 radical (unpaired) electrons. The molecular weight excluding hydrogens is 537 g/mol. The van der Waals surface area contributed by atoms with Gasteiger partial charge in [-0.2, -0.15) is 0 Å². The van der Waals surface area contributed by atoms with E-state index in [4.69, 9.17) is 14.2 Å². The van der Waals surface area contributed by atoms with Gasteiger partial charge in [-0.3, -0.25) is 19.3 Å². The molecule has 5 aromatic rings. The Hall–Kier alpha value is -4.76. The molecule has 1 saturated heterocycles. The summed E-state index contributed by atoms with van der Waals surface area (Å²) < 4.78 is 35.6. The van der Waals surface area contributed by atoms with Crippen molar-refractivity contribution in [2.75, 3.05) is 13.7 Å². The Bertz CT molecular complexity index is 1820. The first-order valence-electron chi connectivity index (χ1n) is 13.8. The molecule has 0 N–H and O–H groups in total. The number of aromatic nitrogens is 3. The third-order valence-corrected chi connectivity index (χ3v) is 7.57. The molecule has 9 heteroatoms. The van der Waals surface area contributed by atoms with Crippen LogP contribution in [0, 0.1) is 12.7 Å². The molecule has 1 fully saturated rings. The first-order valence-corrected chi connectivity index (χ1v) is 13.8. The van der Waals surface area contributed by atoms with E-state index in [0.29, 0.717) is 52.5 Å². The first kappa shape index (κ1) is 27.4. The fraction of sp³-hybridized carbons (Fsp3) is 0.242. The smallest absolute Gasteiger partial charge is 0.282 e. The summed E-state index contributed by atoms with van der Waals surface area (Å²) in [5.41, 5.74) is 2.01. The van der Waals surface area contributed by atoms with Crippen LogP contribution in [0.4, 0.5) is 4.39 Å². The zero-order valence-electron chi connectivity index (χ0n) is 23.4. The lowest BCUT2D eigenvalue weighted by atomic mass is 10.0. The van der Waals surface area contributed by atoms with Gasteiger partial charge in [0, 0.05) is 36.4 Å². The number of hydrogen-bond donors (Lipinski definition) is 0. The number of nitrogens with zero attached hydrogens (tertiary/aromatic N) is 3. The Morgan fingerprint density at radius 2 is 1.90 bits per heavy atom. The van der Waals surface area contributed by atoms with Gasteiger partial charge in [-0.25, -0.2) is 9.07 Å². The second-order valence-corrected chi connectivity index (χ2v) is 10.3. The van der Waals surface area contributed by atoms with E-state index in [2.05, 4.69) is 4.98 Å². The summed E-state index contributed by atoms with van der Waals surface area (Å²) in [5, 5.41) is 0.703. The third kappa shape index (κ3) is 5.31. The van der Waals surface area contributed by atoms with Gasteiger partial charge in [0.2, 0.25) is 0 Å². The molecule has 1 aliphatic rings. The molecule has 1 aliphatic heterocycles. The van der Waals surface area contributed by atoms with E-state index in [1.165, 1.54) is 16.8 Å². The minimum Gasteiger partial charge on any atom is -0.497 e. The normalized spacial score (nSPS) is 14.8. The number of fused-ring (bicyclic) bond motifs is 1. The number of pyridine rings is 1. The van der Waals surface area contributed by atoms with Gasteiger partial charge < -0.3 is 14.2 Å². The van der Waals surface area contributed by atoms with Crippen LogP contribution in [0.25, 0.3) is 16.6 Å². The monoisotopic (exact) mass is 567 g/mol. The van der Waals surface area contributed by atoms with Gasteiger partial charge in [-0.15, -0.1) is 0 Å². The summed E-state index contributed by atoms with van der Waals surface area (Å²) in [6.45, 7) is 2.92. The van der Waals surface area contributed by atoms with Crippen molar-refractivity contribution in [1.82, 2.24) is 14.3 Å². The van der Waals surface area contributed by atoms with E-state index in [0.717, 1.165) is 12.8 Å². The maximum absolute atomic E-state index is 15.2. The van der Waals surface area contributed by atoms with Crippen LogP contribution in [0.15, 0.2) is 83.8 Å². The van der Waals surface area contributed by atoms with Crippen LogP contribution in [-0.2, 0) is 17.7 Å². The number of benzene rings is 3. The molecule has 6 rings (SSSR count). The van der Waals surface area contributed by atoms with Gasteiger partial charge in [-0.05, 0) is 67.8 Å². The van der Waals surface area contributed by atoms with Crippen LogP contribution in [0.1, 0.15) is 34.5 Å². The predicted octanol–water partition coefficient (Wildman–Crippen LogP) is 6.04. The van der Waals surface area contributed by atoms with Gasteiger partial charge in [0.15, 0.2) is 17.3 Å². The zero-order chi connectivity index (χ0) is 29.2. The Morgan fingerprint density at radius 3 is 2.64 bits per heavy atom. The van der Waals surface area contributed by atoms with E-state index in [-0.39, 0.29) is 29.6 Å². The van der Waals surface area contributed by atoms with E-state index in [1.54, 1.807) is 50.6 Å². The first-order chi connectivity index (χ1) is 20.4. The maximum Gasteiger partial charge on any atom is 0.282 e. The van der Waals surface area contributed by atoms with E-state index >= 15 is 4.39 Å². The van der Waals surface area contributed by atoms with Crippen LogP contribution in [-0.4, -0.2) is 40.0 Å². The Morgan fingerprint density at radius 1 is 1.07 bits per heavy atom. The SMILES string of the molecule is COc1ccc2c(Oc3ccc(CC(=O)c4c(C)n(CC5CCCO5)n(-c5ccccc5)c4=O)cc3F)ccnc2c1. The summed E-state index contributed by atoms with van der Waals surface area (Å²) in [4.78, 5) is 31.5. The largest absolute Gasteiger partial charge is 0.497 e. The highest BCUT2D eigenvalue weighted by atomic mass is 19.1. The summed E-state index contributed by atoms with van der Waals surface area (Å²) in [6.07, 6.45) is 3.27. The molecule has 1 atom stereocenters. The molecule has 42 heavy (non-hydrogen) atoms. The number of rotatable bonds is 9. The molecule has 214 valence electrons. The molecule has 1 unspecified atom stereocenters. The fourth-order valence-electron chi connectivity index (χ4n) is 5.44. The highest BCUT2D eigenvalue weighted by Gasteiger charge is 2.27. The van der Waals surface area contributed by atoms with E-state index in [1.807, 2.05) is 35.0 Å². The highest BCUT2D eigenvalue weighted by molar-refractivity contribution is 5.98. The number of ketones is 1. The molecule has 0 aliphatic carbocycles. The van der Waals surface area contributed by atoms with Crippen molar-refractivity contribution in [3.05, 3.63) is 112 Å². The third-order valence-electron chi connectivity index (χ3n) is 7.57. The van der Waals surface area contributed by atoms with Gasteiger partial charge in [0.1, 0.15) is 17.1 Å². The Labute approximate surface area is 241 Å². The zero-order valence-corrected chi connectivity index (χ0v) is 23.4. The van der Waals surface area contributed by atoms with Crippen LogP contribution in [0.3, 0.4) is 0 Å².